The summed E-state index contributed by atoms with van der Waals surface area (Å²) in [5, 5.41) is 2.72. The highest BCUT2D eigenvalue weighted by molar-refractivity contribution is 7.89. The van der Waals surface area contributed by atoms with Gasteiger partial charge in [-0.25, -0.2) is 8.42 Å². The van der Waals surface area contributed by atoms with Crippen LogP contribution < -0.4 is 10.1 Å². The van der Waals surface area contributed by atoms with Gasteiger partial charge in [-0.2, -0.15) is 4.31 Å². The van der Waals surface area contributed by atoms with Crippen LogP contribution in [-0.2, 0) is 14.8 Å². The van der Waals surface area contributed by atoms with Gasteiger partial charge in [-0.1, -0.05) is 18.2 Å². The van der Waals surface area contributed by atoms with Crippen LogP contribution in [0, 0.1) is 0 Å². The fourth-order valence-electron chi connectivity index (χ4n) is 3.00. The molecule has 1 N–H and O–H groups in total. The Morgan fingerprint density at radius 2 is 1.80 bits per heavy atom. The largest absolute Gasteiger partial charge is 0.472 e. The number of rotatable bonds is 6. The van der Waals surface area contributed by atoms with Gasteiger partial charge in [0.15, 0.2) is 5.75 Å². The molecule has 156 valence electrons. The number of hydrogen-bond acceptors (Lipinski definition) is 6. The van der Waals surface area contributed by atoms with E-state index in [0.29, 0.717) is 30.3 Å². The Bertz CT molecular complexity index is 1110. The lowest BCUT2D eigenvalue weighted by Gasteiger charge is -2.26. The molecule has 4 rings (SSSR count). The third-order valence-electron chi connectivity index (χ3n) is 4.56. The third-order valence-corrected chi connectivity index (χ3v) is 6.46. The number of carbonyl (C=O) groups is 1. The molecule has 0 atom stereocenters. The number of nitrogens with zero attached hydrogens (tertiary/aromatic N) is 1. The summed E-state index contributed by atoms with van der Waals surface area (Å²) in [4.78, 5) is 12.6. The maximum Gasteiger partial charge on any atom is 0.259 e. The average Bonchev–Trinajstić information content (AvgIpc) is 3.31. The van der Waals surface area contributed by atoms with Gasteiger partial charge in [0.25, 0.3) is 5.91 Å². The molecule has 0 bridgehead atoms. The van der Waals surface area contributed by atoms with Crippen molar-refractivity contribution in [3.63, 3.8) is 0 Å². The molecule has 2 aromatic carbocycles. The molecule has 1 fully saturated rings. The number of sulfonamides is 1. The quantitative estimate of drug-likeness (QED) is 0.647. The van der Waals surface area contributed by atoms with Gasteiger partial charge < -0.3 is 19.2 Å². The second-order valence-electron chi connectivity index (χ2n) is 6.56. The number of carbonyl (C=O) groups excluding carboxylic acids is 1. The number of nitrogens with one attached hydrogen (secondary N) is 1. The summed E-state index contributed by atoms with van der Waals surface area (Å²) in [6, 6.07) is 14.9. The Labute approximate surface area is 174 Å². The molecule has 0 saturated carbocycles. The average molecular weight is 428 g/mol. The van der Waals surface area contributed by atoms with Gasteiger partial charge in [0.1, 0.15) is 12.0 Å². The van der Waals surface area contributed by atoms with Crippen LogP contribution in [-0.4, -0.2) is 44.9 Å². The minimum Gasteiger partial charge on any atom is -0.472 e. The minimum atomic E-state index is -3.74. The smallest absolute Gasteiger partial charge is 0.259 e. The van der Waals surface area contributed by atoms with Crippen molar-refractivity contribution < 1.29 is 27.1 Å². The molecule has 0 unspecified atom stereocenters. The van der Waals surface area contributed by atoms with Crippen LogP contribution in [0.1, 0.15) is 10.4 Å². The first kappa shape index (κ1) is 20.1. The van der Waals surface area contributed by atoms with Crippen molar-refractivity contribution in [2.24, 2.45) is 0 Å². The summed E-state index contributed by atoms with van der Waals surface area (Å²) >= 11 is 0. The summed E-state index contributed by atoms with van der Waals surface area (Å²) in [6.07, 6.45) is 2.69. The number of furan rings is 1. The molecule has 1 amide bonds. The number of ether oxygens (including phenoxy) is 2. The van der Waals surface area contributed by atoms with E-state index in [9.17, 15) is 13.2 Å². The maximum atomic E-state index is 13.0. The number of benzene rings is 2. The lowest BCUT2D eigenvalue weighted by Crippen LogP contribution is -2.40. The van der Waals surface area contributed by atoms with E-state index in [2.05, 4.69) is 5.32 Å². The highest BCUT2D eigenvalue weighted by atomic mass is 32.2. The van der Waals surface area contributed by atoms with E-state index >= 15 is 0 Å². The van der Waals surface area contributed by atoms with E-state index in [-0.39, 0.29) is 23.7 Å². The first-order valence-electron chi connectivity index (χ1n) is 9.32. The SMILES string of the molecule is O=C(Nc1cc(S(=O)(=O)N2CCOCC2)ccc1Oc1ccccc1)c1ccoc1. The lowest BCUT2D eigenvalue weighted by molar-refractivity contribution is 0.0730. The van der Waals surface area contributed by atoms with Crippen molar-refractivity contribution in [2.75, 3.05) is 31.6 Å². The molecular formula is C21H20N2O6S. The van der Waals surface area contributed by atoms with Crippen molar-refractivity contribution in [1.82, 2.24) is 4.31 Å². The minimum absolute atomic E-state index is 0.0623. The van der Waals surface area contributed by atoms with E-state index in [1.807, 2.05) is 18.2 Å². The van der Waals surface area contributed by atoms with Crippen LogP contribution in [0.2, 0.25) is 0 Å². The number of hydrogen-bond donors (Lipinski definition) is 1. The van der Waals surface area contributed by atoms with Gasteiger partial charge in [-0.05, 0) is 36.4 Å². The molecule has 9 heteroatoms. The second-order valence-corrected chi connectivity index (χ2v) is 8.49. The second kappa shape index (κ2) is 8.70. The molecule has 1 saturated heterocycles. The van der Waals surface area contributed by atoms with E-state index in [1.54, 1.807) is 12.1 Å². The van der Waals surface area contributed by atoms with E-state index in [0.717, 1.165) is 0 Å². The summed E-state index contributed by atoms with van der Waals surface area (Å²) in [7, 11) is -3.74. The van der Waals surface area contributed by atoms with Gasteiger partial charge in [-0.15, -0.1) is 0 Å². The normalized spacial score (nSPS) is 14.9. The fourth-order valence-corrected chi connectivity index (χ4v) is 4.43. The highest BCUT2D eigenvalue weighted by Crippen LogP contribution is 2.33. The van der Waals surface area contributed by atoms with Gasteiger partial charge in [-0.3, -0.25) is 4.79 Å². The predicted octanol–water partition coefficient (Wildman–Crippen LogP) is 3.35. The Morgan fingerprint density at radius 1 is 1.03 bits per heavy atom. The van der Waals surface area contributed by atoms with Crippen LogP contribution in [0.5, 0.6) is 11.5 Å². The molecular weight excluding hydrogens is 408 g/mol. The summed E-state index contributed by atoms with van der Waals surface area (Å²) in [5.41, 5.74) is 0.543. The zero-order chi connectivity index (χ0) is 21.0. The first-order valence-corrected chi connectivity index (χ1v) is 10.8. The van der Waals surface area contributed by atoms with Crippen molar-refractivity contribution >= 4 is 21.6 Å². The number of morpholine rings is 1. The number of anilines is 1. The Hall–Kier alpha value is -3.14. The predicted molar refractivity (Wildman–Crippen MR) is 109 cm³/mol. The van der Waals surface area contributed by atoms with Gasteiger partial charge in [0.05, 0.1) is 35.6 Å². The molecule has 0 aliphatic carbocycles. The van der Waals surface area contributed by atoms with Crippen LogP contribution >= 0.6 is 0 Å². The molecule has 2 heterocycles. The van der Waals surface area contributed by atoms with Gasteiger partial charge >= 0.3 is 0 Å². The first-order chi connectivity index (χ1) is 14.5. The zero-order valence-electron chi connectivity index (χ0n) is 16.0. The molecule has 8 nitrogen and oxygen atoms in total. The molecule has 3 aromatic rings. The standard InChI is InChI=1S/C21H20N2O6S/c24-21(16-8-11-28-15-16)22-19-14-18(30(25,26)23-9-12-27-13-10-23)6-7-20(19)29-17-4-2-1-3-5-17/h1-8,11,14-15H,9-10,12-13H2,(H,22,24). The summed E-state index contributed by atoms with van der Waals surface area (Å²) < 4.78 is 43.5. The van der Waals surface area contributed by atoms with Crippen LogP contribution in [0.4, 0.5) is 5.69 Å². The molecule has 0 spiro atoms. The zero-order valence-corrected chi connectivity index (χ0v) is 16.8. The molecule has 1 aliphatic rings. The highest BCUT2D eigenvalue weighted by Gasteiger charge is 2.27. The van der Waals surface area contributed by atoms with E-state index in [4.69, 9.17) is 13.9 Å². The van der Waals surface area contributed by atoms with Gasteiger partial charge in [0, 0.05) is 13.1 Å². The summed E-state index contributed by atoms with van der Waals surface area (Å²) in [5.74, 6) is 0.432. The van der Waals surface area contributed by atoms with Crippen LogP contribution in [0.3, 0.4) is 0 Å². The van der Waals surface area contributed by atoms with Crippen molar-refractivity contribution in [3.05, 3.63) is 72.7 Å². The van der Waals surface area contributed by atoms with Crippen LogP contribution in [0.25, 0.3) is 0 Å². The lowest BCUT2D eigenvalue weighted by atomic mass is 10.2. The van der Waals surface area contributed by atoms with E-state index in [1.165, 1.54) is 41.1 Å². The number of para-hydroxylation sites is 1. The Morgan fingerprint density at radius 3 is 2.50 bits per heavy atom. The maximum absolute atomic E-state index is 13.0. The van der Waals surface area contributed by atoms with Crippen molar-refractivity contribution in [1.29, 1.82) is 0 Å². The van der Waals surface area contributed by atoms with E-state index < -0.39 is 15.9 Å². The number of amides is 1. The van der Waals surface area contributed by atoms with Crippen molar-refractivity contribution in [3.8, 4) is 11.5 Å². The fraction of sp³-hybridized carbons (Fsp3) is 0.190. The Kier molecular flexibility index (Phi) is 5.84. The molecule has 0 radical (unpaired) electrons. The Balaban J connectivity index is 1.68. The summed E-state index contributed by atoms with van der Waals surface area (Å²) in [6.45, 7) is 1.25. The third kappa shape index (κ3) is 4.38. The topological polar surface area (TPSA) is 98.1 Å². The molecule has 1 aliphatic heterocycles. The molecule has 30 heavy (non-hydrogen) atoms. The molecule has 1 aromatic heterocycles. The monoisotopic (exact) mass is 428 g/mol. The van der Waals surface area contributed by atoms with Gasteiger partial charge in [0.2, 0.25) is 10.0 Å². The van der Waals surface area contributed by atoms with Crippen LogP contribution in [0.15, 0.2) is 76.4 Å². The van der Waals surface area contributed by atoms with Crippen molar-refractivity contribution in [2.45, 2.75) is 4.90 Å².